The Balaban J connectivity index is 1.62. The molecule has 156 valence electrons. The predicted molar refractivity (Wildman–Crippen MR) is 117 cm³/mol. The summed E-state index contributed by atoms with van der Waals surface area (Å²) >= 11 is 0. The van der Waals surface area contributed by atoms with Crippen molar-refractivity contribution in [3.8, 4) is 0 Å². The van der Waals surface area contributed by atoms with E-state index in [1.54, 1.807) is 0 Å². The molecule has 1 aliphatic rings. The van der Waals surface area contributed by atoms with Gasteiger partial charge in [-0.25, -0.2) is 12.7 Å². The molecule has 2 aromatic carbocycles. The van der Waals surface area contributed by atoms with Crippen LogP contribution in [0.5, 0.6) is 0 Å². The third kappa shape index (κ3) is 5.25. The van der Waals surface area contributed by atoms with Crippen LogP contribution in [0.25, 0.3) is 0 Å². The molecule has 29 heavy (non-hydrogen) atoms. The van der Waals surface area contributed by atoms with Gasteiger partial charge in [-0.2, -0.15) is 0 Å². The minimum atomic E-state index is -3.37. The van der Waals surface area contributed by atoms with Crippen LogP contribution in [0.1, 0.15) is 49.3 Å². The van der Waals surface area contributed by atoms with Gasteiger partial charge in [0.2, 0.25) is 15.9 Å². The van der Waals surface area contributed by atoms with Crippen molar-refractivity contribution in [2.45, 2.75) is 45.3 Å². The molecule has 1 aliphatic heterocycles. The van der Waals surface area contributed by atoms with Gasteiger partial charge in [0.05, 0.1) is 5.75 Å². The number of piperidine rings is 1. The van der Waals surface area contributed by atoms with Crippen molar-refractivity contribution in [2.75, 3.05) is 18.4 Å². The molecule has 0 bridgehead atoms. The van der Waals surface area contributed by atoms with Crippen LogP contribution in [-0.4, -0.2) is 31.7 Å². The number of para-hydroxylation sites is 1. The number of carbonyl (C=O) groups is 1. The molecule has 0 saturated carbocycles. The van der Waals surface area contributed by atoms with E-state index < -0.39 is 10.0 Å². The summed E-state index contributed by atoms with van der Waals surface area (Å²) in [6.07, 6.45) is 1.09. The van der Waals surface area contributed by atoms with E-state index in [9.17, 15) is 13.2 Å². The van der Waals surface area contributed by atoms with Crippen LogP contribution in [-0.2, 0) is 20.6 Å². The van der Waals surface area contributed by atoms with Gasteiger partial charge in [0, 0.05) is 24.7 Å². The highest BCUT2D eigenvalue weighted by molar-refractivity contribution is 7.88. The lowest BCUT2D eigenvalue weighted by Crippen LogP contribution is -2.42. The minimum absolute atomic E-state index is 0.00562. The SMILES string of the molecule is Cc1cccc(C(C)C)c1NC(=O)C1CCN(S(=O)(=O)Cc2ccccc2)CC1. The second-order valence-electron chi connectivity index (χ2n) is 8.10. The van der Waals surface area contributed by atoms with Crippen LogP contribution in [0, 0.1) is 12.8 Å². The molecule has 1 fully saturated rings. The zero-order valence-corrected chi connectivity index (χ0v) is 18.2. The molecule has 3 rings (SSSR count). The number of nitrogens with one attached hydrogen (secondary N) is 1. The highest BCUT2D eigenvalue weighted by Gasteiger charge is 2.31. The number of hydrogen-bond donors (Lipinski definition) is 1. The number of sulfonamides is 1. The van der Waals surface area contributed by atoms with Crippen molar-refractivity contribution >= 4 is 21.6 Å². The molecule has 0 aliphatic carbocycles. The number of rotatable bonds is 6. The van der Waals surface area contributed by atoms with E-state index in [4.69, 9.17) is 0 Å². The van der Waals surface area contributed by atoms with Crippen molar-refractivity contribution < 1.29 is 13.2 Å². The van der Waals surface area contributed by atoms with Gasteiger partial charge >= 0.3 is 0 Å². The lowest BCUT2D eigenvalue weighted by Gasteiger charge is -2.31. The molecule has 1 N–H and O–H groups in total. The van der Waals surface area contributed by atoms with Crippen LogP contribution < -0.4 is 5.32 Å². The maximum Gasteiger partial charge on any atom is 0.227 e. The van der Waals surface area contributed by atoms with Crippen molar-refractivity contribution in [3.63, 3.8) is 0 Å². The number of benzene rings is 2. The highest BCUT2D eigenvalue weighted by atomic mass is 32.2. The van der Waals surface area contributed by atoms with E-state index >= 15 is 0 Å². The Bertz CT molecular complexity index is 947. The van der Waals surface area contributed by atoms with Crippen molar-refractivity contribution in [2.24, 2.45) is 5.92 Å². The van der Waals surface area contributed by atoms with Gasteiger partial charge in [-0.1, -0.05) is 62.4 Å². The first-order valence-corrected chi connectivity index (χ1v) is 11.8. The monoisotopic (exact) mass is 414 g/mol. The second-order valence-corrected chi connectivity index (χ2v) is 10.1. The summed E-state index contributed by atoms with van der Waals surface area (Å²) in [4.78, 5) is 12.9. The first-order chi connectivity index (χ1) is 13.8. The van der Waals surface area contributed by atoms with Gasteiger partial charge in [-0.3, -0.25) is 4.79 Å². The maximum absolute atomic E-state index is 12.9. The lowest BCUT2D eigenvalue weighted by atomic mass is 9.95. The van der Waals surface area contributed by atoms with Gasteiger partial charge in [-0.15, -0.1) is 0 Å². The molecule has 1 heterocycles. The molecule has 1 saturated heterocycles. The van der Waals surface area contributed by atoms with Crippen LogP contribution >= 0.6 is 0 Å². The average molecular weight is 415 g/mol. The standard InChI is InChI=1S/C23H30N2O3S/c1-17(2)21-11-7-8-18(3)22(21)24-23(26)20-12-14-25(15-13-20)29(27,28)16-19-9-5-4-6-10-19/h4-11,17,20H,12-16H2,1-3H3,(H,24,26). The number of amides is 1. The number of hydrogen-bond acceptors (Lipinski definition) is 3. The first-order valence-electron chi connectivity index (χ1n) is 10.2. The Labute approximate surface area is 174 Å². The number of aryl methyl sites for hydroxylation is 1. The van der Waals surface area contributed by atoms with Crippen molar-refractivity contribution in [3.05, 3.63) is 65.2 Å². The summed E-state index contributed by atoms with van der Waals surface area (Å²) in [5.41, 5.74) is 3.86. The fraction of sp³-hybridized carbons (Fsp3) is 0.435. The normalized spacial score (nSPS) is 16.1. The van der Waals surface area contributed by atoms with Gasteiger partial charge < -0.3 is 5.32 Å². The molecule has 2 aromatic rings. The summed E-state index contributed by atoms with van der Waals surface area (Å²) in [5, 5.41) is 3.12. The zero-order valence-electron chi connectivity index (χ0n) is 17.4. The molecular weight excluding hydrogens is 384 g/mol. The Morgan fingerprint density at radius 3 is 2.34 bits per heavy atom. The van der Waals surface area contributed by atoms with E-state index in [0.717, 1.165) is 22.4 Å². The van der Waals surface area contributed by atoms with Crippen molar-refractivity contribution in [1.82, 2.24) is 4.31 Å². The molecule has 0 atom stereocenters. The van der Waals surface area contributed by atoms with Crippen LogP contribution in [0.15, 0.2) is 48.5 Å². The summed E-state index contributed by atoms with van der Waals surface area (Å²) in [6, 6.07) is 15.3. The fourth-order valence-corrected chi connectivity index (χ4v) is 5.40. The van der Waals surface area contributed by atoms with Gasteiger partial charge in [-0.05, 0) is 42.4 Å². The highest BCUT2D eigenvalue weighted by Crippen LogP contribution is 2.29. The van der Waals surface area contributed by atoms with E-state index in [1.165, 1.54) is 4.31 Å². The van der Waals surface area contributed by atoms with E-state index in [2.05, 4.69) is 19.2 Å². The largest absolute Gasteiger partial charge is 0.325 e. The summed E-state index contributed by atoms with van der Waals surface area (Å²) in [5.74, 6) is 0.139. The molecule has 5 nitrogen and oxygen atoms in total. The lowest BCUT2D eigenvalue weighted by molar-refractivity contribution is -0.120. The molecule has 1 amide bonds. The molecule has 6 heteroatoms. The topological polar surface area (TPSA) is 66.5 Å². The number of anilines is 1. The second kappa shape index (κ2) is 9.09. The summed E-state index contributed by atoms with van der Waals surface area (Å²) in [6.45, 7) is 7.00. The molecule has 0 aromatic heterocycles. The predicted octanol–water partition coefficient (Wildman–Crippen LogP) is 4.30. The number of carbonyl (C=O) groups excluding carboxylic acids is 1. The molecular formula is C23H30N2O3S. The van der Waals surface area contributed by atoms with Crippen LogP contribution in [0.2, 0.25) is 0 Å². The van der Waals surface area contributed by atoms with Gasteiger partial charge in [0.25, 0.3) is 0 Å². The van der Waals surface area contributed by atoms with Gasteiger partial charge in [0.15, 0.2) is 0 Å². The quantitative estimate of drug-likeness (QED) is 0.766. The molecule has 0 radical (unpaired) electrons. The number of nitrogens with zero attached hydrogens (tertiary/aromatic N) is 1. The van der Waals surface area contributed by atoms with Crippen LogP contribution in [0.3, 0.4) is 0 Å². The summed E-state index contributed by atoms with van der Waals surface area (Å²) < 4.78 is 26.9. The molecule has 0 spiro atoms. The Hall–Kier alpha value is -2.18. The van der Waals surface area contributed by atoms with Crippen molar-refractivity contribution in [1.29, 1.82) is 0 Å². The molecule has 0 unspecified atom stereocenters. The third-order valence-electron chi connectivity index (χ3n) is 5.59. The van der Waals surface area contributed by atoms with Crippen LogP contribution in [0.4, 0.5) is 5.69 Å². The van der Waals surface area contributed by atoms with E-state index in [-0.39, 0.29) is 17.6 Å². The fourth-order valence-electron chi connectivity index (χ4n) is 3.84. The average Bonchev–Trinajstić information content (AvgIpc) is 2.70. The smallest absolute Gasteiger partial charge is 0.227 e. The Morgan fingerprint density at radius 2 is 1.72 bits per heavy atom. The third-order valence-corrected chi connectivity index (χ3v) is 7.44. The maximum atomic E-state index is 12.9. The van der Waals surface area contributed by atoms with E-state index in [0.29, 0.717) is 31.8 Å². The Morgan fingerprint density at radius 1 is 1.07 bits per heavy atom. The Kier molecular flexibility index (Phi) is 6.75. The van der Waals surface area contributed by atoms with Gasteiger partial charge in [0.1, 0.15) is 0 Å². The summed E-state index contributed by atoms with van der Waals surface area (Å²) in [7, 11) is -3.37. The first kappa shape index (κ1) is 21.5. The van der Waals surface area contributed by atoms with E-state index in [1.807, 2.05) is 55.5 Å². The zero-order chi connectivity index (χ0) is 21.0. The minimum Gasteiger partial charge on any atom is -0.325 e.